The molecule has 6 heteroatoms. The third kappa shape index (κ3) is 3.37. The van der Waals surface area contributed by atoms with Crippen LogP contribution in [0, 0.1) is 11.3 Å². The molecule has 1 aliphatic rings. The molecule has 0 bridgehead atoms. The summed E-state index contributed by atoms with van der Waals surface area (Å²) in [7, 11) is 0. The maximum atomic E-state index is 10.8. The number of halogens is 1. The molecule has 1 fully saturated rings. The minimum Gasteiger partial charge on any atom is -0.479 e. The Morgan fingerprint density at radius 3 is 3.00 bits per heavy atom. The molecular weight excluding hydrogens is 268 g/mol. The van der Waals surface area contributed by atoms with Gasteiger partial charge in [0.05, 0.1) is 17.4 Å². The third-order valence-electron chi connectivity index (χ3n) is 3.01. The third-order valence-corrected chi connectivity index (χ3v) is 3.24. The number of anilines is 1. The van der Waals surface area contributed by atoms with E-state index in [-0.39, 0.29) is 6.10 Å². The average molecular weight is 281 g/mol. The first-order valence-corrected chi connectivity index (χ1v) is 6.29. The molecule has 2 atom stereocenters. The average Bonchev–Trinajstić information content (AvgIpc) is 2.85. The number of hydrogen-bond acceptors (Lipinski definition) is 4. The van der Waals surface area contributed by atoms with E-state index in [1.807, 2.05) is 0 Å². The highest BCUT2D eigenvalue weighted by molar-refractivity contribution is 6.30. The van der Waals surface area contributed by atoms with Crippen LogP contribution in [0.4, 0.5) is 5.69 Å². The zero-order valence-corrected chi connectivity index (χ0v) is 10.9. The van der Waals surface area contributed by atoms with Crippen molar-refractivity contribution >= 4 is 23.3 Å². The number of nitriles is 1. The van der Waals surface area contributed by atoms with Crippen LogP contribution in [0.1, 0.15) is 18.4 Å². The van der Waals surface area contributed by atoms with Gasteiger partial charge in [-0.1, -0.05) is 11.6 Å². The van der Waals surface area contributed by atoms with Crippen molar-refractivity contribution in [1.82, 2.24) is 0 Å². The van der Waals surface area contributed by atoms with Crippen LogP contribution in [0.5, 0.6) is 0 Å². The first-order valence-electron chi connectivity index (χ1n) is 5.92. The first kappa shape index (κ1) is 13.7. The number of nitrogens with one attached hydrogen (secondary N) is 1. The minimum absolute atomic E-state index is 0.161. The maximum absolute atomic E-state index is 10.8. The van der Waals surface area contributed by atoms with E-state index in [4.69, 9.17) is 26.7 Å². The van der Waals surface area contributed by atoms with Gasteiger partial charge in [-0.05, 0) is 31.0 Å². The molecule has 19 heavy (non-hydrogen) atoms. The SMILES string of the molecule is N#Cc1ccc(Cl)cc1NCC1CCC(C(=O)O)O1. The molecule has 1 saturated heterocycles. The molecule has 2 N–H and O–H groups in total. The van der Waals surface area contributed by atoms with Gasteiger partial charge in [-0.3, -0.25) is 0 Å². The quantitative estimate of drug-likeness (QED) is 0.884. The predicted octanol–water partition coefficient (Wildman–Crippen LogP) is 2.26. The van der Waals surface area contributed by atoms with Gasteiger partial charge in [-0.25, -0.2) is 4.79 Å². The highest BCUT2D eigenvalue weighted by Crippen LogP contribution is 2.23. The molecule has 1 aromatic rings. The first-order chi connectivity index (χ1) is 9.10. The van der Waals surface area contributed by atoms with Crippen LogP contribution in [0.3, 0.4) is 0 Å². The lowest BCUT2D eigenvalue weighted by Crippen LogP contribution is -2.24. The van der Waals surface area contributed by atoms with E-state index >= 15 is 0 Å². The highest BCUT2D eigenvalue weighted by atomic mass is 35.5. The van der Waals surface area contributed by atoms with Crippen LogP contribution in [0.25, 0.3) is 0 Å². The second-order valence-electron chi connectivity index (χ2n) is 4.34. The lowest BCUT2D eigenvalue weighted by atomic mass is 10.1. The Hall–Kier alpha value is -1.77. The van der Waals surface area contributed by atoms with E-state index in [0.29, 0.717) is 35.7 Å². The minimum atomic E-state index is -0.928. The smallest absolute Gasteiger partial charge is 0.332 e. The standard InChI is InChI=1S/C13H13ClN2O3/c14-9-2-1-8(6-15)11(5-9)16-7-10-3-4-12(19-10)13(17)18/h1-2,5,10,12,16H,3-4,7H2,(H,17,18). The lowest BCUT2D eigenvalue weighted by molar-refractivity contribution is -0.149. The van der Waals surface area contributed by atoms with E-state index in [9.17, 15) is 4.79 Å². The summed E-state index contributed by atoms with van der Waals surface area (Å²) in [5.74, 6) is -0.928. The molecule has 0 saturated carbocycles. The van der Waals surface area contributed by atoms with Crippen LogP contribution < -0.4 is 5.32 Å². The van der Waals surface area contributed by atoms with Crippen molar-refractivity contribution in [2.75, 3.05) is 11.9 Å². The molecule has 5 nitrogen and oxygen atoms in total. The van der Waals surface area contributed by atoms with Crippen molar-refractivity contribution < 1.29 is 14.6 Å². The van der Waals surface area contributed by atoms with Gasteiger partial charge in [-0.15, -0.1) is 0 Å². The zero-order chi connectivity index (χ0) is 13.8. The van der Waals surface area contributed by atoms with Crippen molar-refractivity contribution in [3.05, 3.63) is 28.8 Å². The Morgan fingerprint density at radius 2 is 2.37 bits per heavy atom. The van der Waals surface area contributed by atoms with Gasteiger partial charge >= 0.3 is 5.97 Å². The summed E-state index contributed by atoms with van der Waals surface area (Å²) < 4.78 is 5.37. The normalized spacial score (nSPS) is 21.9. The lowest BCUT2D eigenvalue weighted by Gasteiger charge is -2.14. The summed E-state index contributed by atoms with van der Waals surface area (Å²) in [6.07, 6.45) is 0.322. The number of benzene rings is 1. The molecule has 1 heterocycles. The van der Waals surface area contributed by atoms with Crippen LogP contribution >= 0.6 is 11.6 Å². The van der Waals surface area contributed by atoms with Crippen molar-refractivity contribution in [2.45, 2.75) is 25.0 Å². The number of ether oxygens (including phenoxy) is 1. The summed E-state index contributed by atoms with van der Waals surface area (Å²) in [4.78, 5) is 10.8. The van der Waals surface area contributed by atoms with Crippen molar-refractivity contribution in [2.24, 2.45) is 0 Å². The van der Waals surface area contributed by atoms with Gasteiger partial charge < -0.3 is 15.2 Å². The van der Waals surface area contributed by atoms with Gasteiger partial charge in [0.1, 0.15) is 6.07 Å². The molecular formula is C13H13ClN2O3. The molecule has 2 rings (SSSR count). The maximum Gasteiger partial charge on any atom is 0.332 e. The van der Waals surface area contributed by atoms with E-state index in [2.05, 4.69) is 11.4 Å². The number of aliphatic carboxylic acids is 1. The Balaban J connectivity index is 1.95. The Morgan fingerprint density at radius 1 is 1.58 bits per heavy atom. The van der Waals surface area contributed by atoms with Gasteiger partial charge in [0.15, 0.2) is 6.10 Å². The Bertz CT molecular complexity index is 527. The van der Waals surface area contributed by atoms with Gasteiger partial charge in [-0.2, -0.15) is 5.26 Å². The monoisotopic (exact) mass is 280 g/mol. The summed E-state index contributed by atoms with van der Waals surface area (Å²) in [6, 6.07) is 7.03. The van der Waals surface area contributed by atoms with Crippen molar-refractivity contribution in [3.8, 4) is 6.07 Å². The number of nitrogens with zero attached hydrogens (tertiary/aromatic N) is 1. The van der Waals surface area contributed by atoms with E-state index in [0.717, 1.165) is 0 Å². The molecule has 0 aliphatic carbocycles. The molecule has 0 radical (unpaired) electrons. The number of carbonyl (C=O) groups is 1. The van der Waals surface area contributed by atoms with Crippen molar-refractivity contribution in [3.63, 3.8) is 0 Å². The number of carboxylic acids is 1. The predicted molar refractivity (Wildman–Crippen MR) is 70.2 cm³/mol. The Kier molecular flexibility index (Phi) is 4.25. The van der Waals surface area contributed by atoms with Gasteiger partial charge in [0.25, 0.3) is 0 Å². The zero-order valence-electron chi connectivity index (χ0n) is 10.1. The second-order valence-corrected chi connectivity index (χ2v) is 4.78. The fourth-order valence-corrected chi connectivity index (χ4v) is 2.19. The number of carboxylic acid groups (broad SMARTS) is 1. The van der Waals surface area contributed by atoms with Crippen molar-refractivity contribution in [1.29, 1.82) is 5.26 Å². The van der Waals surface area contributed by atoms with Crippen LogP contribution in [0.2, 0.25) is 5.02 Å². The fraction of sp³-hybridized carbons (Fsp3) is 0.385. The van der Waals surface area contributed by atoms with E-state index in [1.54, 1.807) is 18.2 Å². The van der Waals surface area contributed by atoms with E-state index in [1.165, 1.54) is 0 Å². The summed E-state index contributed by atoms with van der Waals surface area (Å²) >= 11 is 5.88. The van der Waals surface area contributed by atoms with E-state index < -0.39 is 12.1 Å². The van der Waals surface area contributed by atoms with Crippen LogP contribution in [0.15, 0.2) is 18.2 Å². The molecule has 2 unspecified atom stereocenters. The summed E-state index contributed by atoms with van der Waals surface area (Å²) in [6.45, 7) is 0.457. The summed E-state index contributed by atoms with van der Waals surface area (Å²) in [5, 5.41) is 21.4. The molecule has 1 aliphatic heterocycles. The molecule has 0 amide bonds. The highest BCUT2D eigenvalue weighted by Gasteiger charge is 2.30. The fourth-order valence-electron chi connectivity index (χ4n) is 2.02. The number of rotatable bonds is 4. The molecule has 0 aromatic heterocycles. The number of hydrogen-bond donors (Lipinski definition) is 2. The van der Waals surface area contributed by atoms with Gasteiger partial charge in [0, 0.05) is 11.6 Å². The molecule has 100 valence electrons. The van der Waals surface area contributed by atoms with Crippen LogP contribution in [-0.2, 0) is 9.53 Å². The van der Waals surface area contributed by atoms with Gasteiger partial charge in [0.2, 0.25) is 0 Å². The largest absolute Gasteiger partial charge is 0.479 e. The van der Waals surface area contributed by atoms with Crippen LogP contribution in [-0.4, -0.2) is 29.8 Å². The second kappa shape index (κ2) is 5.91. The topological polar surface area (TPSA) is 82.4 Å². The molecule has 0 spiro atoms. The molecule has 1 aromatic carbocycles. The Labute approximate surface area is 115 Å². The summed E-state index contributed by atoms with van der Waals surface area (Å²) in [5.41, 5.74) is 1.13.